The summed E-state index contributed by atoms with van der Waals surface area (Å²) in [5.74, 6) is 0.436. The lowest BCUT2D eigenvalue weighted by molar-refractivity contribution is -0.385. The third-order valence-corrected chi connectivity index (χ3v) is 2.65. The van der Waals surface area contributed by atoms with Crippen LogP contribution in [-0.2, 0) is 6.54 Å². The monoisotopic (exact) mass is 282 g/mol. The van der Waals surface area contributed by atoms with Crippen LogP contribution in [0.2, 0.25) is 5.02 Å². The third-order valence-electron chi connectivity index (χ3n) is 2.37. The van der Waals surface area contributed by atoms with Gasteiger partial charge in [0.2, 0.25) is 0 Å². The number of hydrogen-bond acceptors (Lipinski definition) is 6. The molecule has 2 heterocycles. The Morgan fingerprint density at radius 1 is 1.53 bits per heavy atom. The molecule has 0 bridgehead atoms. The zero-order chi connectivity index (χ0) is 13.7. The highest BCUT2D eigenvalue weighted by molar-refractivity contribution is 6.33. The van der Waals surface area contributed by atoms with Crippen LogP contribution in [-0.4, -0.2) is 31.4 Å². The van der Waals surface area contributed by atoms with Crippen molar-refractivity contribution in [2.45, 2.75) is 13.0 Å². The van der Waals surface area contributed by atoms with Gasteiger partial charge in [-0.2, -0.15) is 0 Å². The lowest BCUT2D eigenvalue weighted by atomic mass is 10.4. The lowest BCUT2D eigenvalue weighted by Gasteiger charge is -2.06. The molecule has 0 saturated carbocycles. The Bertz CT molecular complexity index is 559. The number of nitrogens with zero attached hydrogens (tertiary/aromatic N) is 5. The summed E-state index contributed by atoms with van der Waals surface area (Å²) in [5.41, 5.74) is -0.127. The Balaban J connectivity index is 1.84. The van der Waals surface area contributed by atoms with Crippen LogP contribution >= 0.6 is 11.6 Å². The molecule has 0 aliphatic rings. The first-order chi connectivity index (χ1) is 9.16. The Labute approximate surface area is 113 Å². The van der Waals surface area contributed by atoms with Crippen molar-refractivity contribution in [1.82, 2.24) is 20.0 Å². The van der Waals surface area contributed by atoms with Crippen molar-refractivity contribution >= 4 is 23.1 Å². The third kappa shape index (κ3) is 3.62. The summed E-state index contributed by atoms with van der Waals surface area (Å²) in [5, 5.41) is 21.3. The average Bonchev–Trinajstić information content (AvgIpc) is 2.89. The van der Waals surface area contributed by atoms with Gasteiger partial charge in [0.05, 0.1) is 16.1 Å². The number of pyridine rings is 1. The van der Waals surface area contributed by atoms with E-state index in [9.17, 15) is 10.1 Å². The van der Waals surface area contributed by atoms with Gasteiger partial charge in [-0.15, -0.1) is 5.10 Å². The molecule has 0 atom stereocenters. The molecule has 100 valence electrons. The molecule has 0 radical (unpaired) electrons. The maximum Gasteiger partial charge on any atom is 0.289 e. The predicted molar refractivity (Wildman–Crippen MR) is 69.0 cm³/mol. The first-order valence-corrected chi connectivity index (χ1v) is 5.92. The van der Waals surface area contributed by atoms with Crippen molar-refractivity contribution in [3.05, 3.63) is 39.8 Å². The summed E-state index contributed by atoms with van der Waals surface area (Å²) in [7, 11) is 0. The van der Waals surface area contributed by atoms with Gasteiger partial charge in [-0.3, -0.25) is 14.8 Å². The summed E-state index contributed by atoms with van der Waals surface area (Å²) < 4.78 is 1.71. The SMILES string of the molecule is O=[N+]([O-])c1cnc(NCCCn2ccnn2)c(Cl)c1. The molecule has 0 amide bonds. The first-order valence-electron chi connectivity index (χ1n) is 5.55. The van der Waals surface area contributed by atoms with E-state index in [-0.39, 0.29) is 10.7 Å². The normalized spacial score (nSPS) is 10.4. The van der Waals surface area contributed by atoms with Crippen LogP contribution in [0.3, 0.4) is 0 Å². The van der Waals surface area contributed by atoms with Gasteiger partial charge < -0.3 is 5.32 Å². The predicted octanol–water partition coefficient (Wildman–Crippen LogP) is 1.74. The molecule has 9 heteroatoms. The fourth-order valence-electron chi connectivity index (χ4n) is 1.46. The smallest absolute Gasteiger partial charge is 0.289 e. The van der Waals surface area contributed by atoms with E-state index < -0.39 is 4.92 Å². The van der Waals surface area contributed by atoms with E-state index in [1.54, 1.807) is 17.1 Å². The van der Waals surface area contributed by atoms with Gasteiger partial charge in [0.1, 0.15) is 12.0 Å². The largest absolute Gasteiger partial charge is 0.369 e. The second-order valence-electron chi connectivity index (χ2n) is 3.73. The number of nitrogens with one attached hydrogen (secondary N) is 1. The highest BCUT2D eigenvalue weighted by atomic mass is 35.5. The summed E-state index contributed by atoms with van der Waals surface area (Å²) in [6.45, 7) is 1.35. The van der Waals surface area contributed by atoms with Gasteiger partial charge in [-0.1, -0.05) is 16.8 Å². The van der Waals surface area contributed by atoms with E-state index in [1.807, 2.05) is 0 Å². The van der Waals surface area contributed by atoms with E-state index in [0.717, 1.165) is 13.0 Å². The molecule has 2 aromatic rings. The van der Waals surface area contributed by atoms with Gasteiger partial charge in [0.25, 0.3) is 5.69 Å². The molecule has 2 rings (SSSR count). The van der Waals surface area contributed by atoms with Crippen molar-refractivity contribution < 1.29 is 4.92 Å². The van der Waals surface area contributed by atoms with Crippen molar-refractivity contribution in [1.29, 1.82) is 0 Å². The highest BCUT2D eigenvalue weighted by Crippen LogP contribution is 2.23. The topological polar surface area (TPSA) is 98.8 Å². The van der Waals surface area contributed by atoms with Gasteiger partial charge in [-0.25, -0.2) is 4.98 Å². The Morgan fingerprint density at radius 3 is 3.00 bits per heavy atom. The van der Waals surface area contributed by atoms with Crippen LogP contribution < -0.4 is 5.32 Å². The van der Waals surface area contributed by atoms with Crippen molar-refractivity contribution in [3.8, 4) is 0 Å². The van der Waals surface area contributed by atoms with Gasteiger partial charge in [-0.05, 0) is 6.42 Å². The molecule has 1 N–H and O–H groups in total. The maximum absolute atomic E-state index is 10.5. The average molecular weight is 283 g/mol. The standard InChI is InChI=1S/C10H11ClN6O2/c11-9-6-8(17(18)19)7-13-10(9)12-2-1-4-16-5-3-14-15-16/h3,5-7H,1-2,4H2,(H,12,13). The molecule has 0 aliphatic carbocycles. The van der Waals surface area contributed by atoms with Gasteiger partial charge >= 0.3 is 0 Å². The fraction of sp³-hybridized carbons (Fsp3) is 0.300. The van der Waals surface area contributed by atoms with Crippen LogP contribution in [0, 0.1) is 10.1 Å². The minimum atomic E-state index is -0.534. The van der Waals surface area contributed by atoms with E-state index in [1.165, 1.54) is 12.3 Å². The zero-order valence-corrected chi connectivity index (χ0v) is 10.6. The van der Waals surface area contributed by atoms with Crippen LogP contribution in [0.25, 0.3) is 0 Å². The van der Waals surface area contributed by atoms with E-state index in [2.05, 4.69) is 20.6 Å². The summed E-state index contributed by atoms with van der Waals surface area (Å²) in [6.07, 6.45) is 5.36. The molecular weight excluding hydrogens is 272 g/mol. The molecule has 2 aromatic heterocycles. The lowest BCUT2D eigenvalue weighted by Crippen LogP contribution is -2.08. The number of aromatic nitrogens is 4. The molecule has 8 nitrogen and oxygen atoms in total. The van der Waals surface area contributed by atoms with Crippen molar-refractivity contribution in [2.75, 3.05) is 11.9 Å². The molecule has 0 fully saturated rings. The van der Waals surface area contributed by atoms with Crippen molar-refractivity contribution in [2.24, 2.45) is 0 Å². The van der Waals surface area contributed by atoms with Gasteiger partial charge in [0, 0.05) is 25.4 Å². The Kier molecular flexibility index (Phi) is 4.24. The molecule has 0 spiro atoms. The second kappa shape index (κ2) is 6.10. The van der Waals surface area contributed by atoms with Crippen LogP contribution in [0.4, 0.5) is 11.5 Å². The van der Waals surface area contributed by atoms with Crippen LogP contribution in [0.15, 0.2) is 24.7 Å². The first kappa shape index (κ1) is 13.2. The molecule has 0 saturated heterocycles. The van der Waals surface area contributed by atoms with Crippen molar-refractivity contribution in [3.63, 3.8) is 0 Å². The van der Waals surface area contributed by atoms with E-state index >= 15 is 0 Å². The summed E-state index contributed by atoms with van der Waals surface area (Å²) >= 11 is 5.89. The molecule has 0 aliphatic heterocycles. The Morgan fingerprint density at radius 2 is 2.37 bits per heavy atom. The maximum atomic E-state index is 10.5. The van der Waals surface area contributed by atoms with Crippen LogP contribution in [0.1, 0.15) is 6.42 Å². The number of anilines is 1. The fourth-order valence-corrected chi connectivity index (χ4v) is 1.68. The minimum absolute atomic E-state index is 0.127. The van der Waals surface area contributed by atoms with E-state index in [4.69, 9.17) is 11.6 Å². The number of nitro groups is 1. The zero-order valence-electron chi connectivity index (χ0n) is 9.86. The molecule has 19 heavy (non-hydrogen) atoms. The number of halogens is 1. The van der Waals surface area contributed by atoms with Crippen LogP contribution in [0.5, 0.6) is 0 Å². The Hall–Kier alpha value is -2.22. The summed E-state index contributed by atoms with van der Waals surface area (Å²) in [6, 6.07) is 1.27. The summed E-state index contributed by atoms with van der Waals surface area (Å²) in [4.78, 5) is 13.9. The number of rotatable bonds is 6. The molecule has 0 aromatic carbocycles. The number of hydrogen-bond donors (Lipinski definition) is 1. The minimum Gasteiger partial charge on any atom is -0.369 e. The van der Waals surface area contributed by atoms with E-state index in [0.29, 0.717) is 12.4 Å². The quantitative estimate of drug-likeness (QED) is 0.492. The number of aryl methyl sites for hydroxylation is 1. The molecule has 0 unspecified atom stereocenters. The highest BCUT2D eigenvalue weighted by Gasteiger charge is 2.10. The second-order valence-corrected chi connectivity index (χ2v) is 4.13. The molecular formula is C10H11ClN6O2. The van der Waals surface area contributed by atoms with Gasteiger partial charge in [0.15, 0.2) is 0 Å².